The molecule has 0 unspecified atom stereocenters. The predicted octanol–water partition coefficient (Wildman–Crippen LogP) is 3.58. The second kappa shape index (κ2) is 7.67. The molecule has 0 aliphatic carbocycles. The summed E-state index contributed by atoms with van der Waals surface area (Å²) in [5, 5.41) is 0. The smallest absolute Gasteiger partial charge is 0.406 e. The number of ether oxygens (including phenoxy) is 1. The number of nitrogens with zero attached hydrogens (tertiary/aromatic N) is 4. The minimum Gasteiger partial charge on any atom is -0.406 e. The van der Waals surface area contributed by atoms with Crippen molar-refractivity contribution in [3.05, 3.63) is 65.6 Å². The summed E-state index contributed by atoms with van der Waals surface area (Å²) in [6.07, 6.45) is -0.415. The number of pyridine rings is 1. The van der Waals surface area contributed by atoms with Gasteiger partial charge in [-0.15, -0.1) is 13.2 Å². The fourth-order valence-corrected chi connectivity index (χ4v) is 3.32. The molecule has 0 amide bonds. The molecule has 4 rings (SSSR count). The Morgan fingerprint density at radius 1 is 1.10 bits per heavy atom. The number of alkyl halides is 3. The van der Waals surface area contributed by atoms with Crippen molar-refractivity contribution in [2.45, 2.75) is 25.9 Å². The molecule has 1 aliphatic rings. The summed E-state index contributed by atoms with van der Waals surface area (Å²) in [4.78, 5) is 15.0. The van der Waals surface area contributed by atoms with Crippen molar-refractivity contribution in [2.24, 2.45) is 0 Å². The monoisotopic (exact) mass is 401 g/mol. The third-order valence-corrected chi connectivity index (χ3v) is 4.63. The molecule has 0 fully saturated rings. The zero-order chi connectivity index (χ0) is 20.4. The van der Waals surface area contributed by atoms with Gasteiger partial charge in [-0.3, -0.25) is 9.88 Å². The third-order valence-electron chi connectivity index (χ3n) is 4.63. The van der Waals surface area contributed by atoms with E-state index in [0.29, 0.717) is 23.8 Å². The Hall–Kier alpha value is -3.20. The van der Waals surface area contributed by atoms with Gasteiger partial charge in [0, 0.05) is 49.6 Å². The Labute approximate surface area is 165 Å². The first-order valence-electron chi connectivity index (χ1n) is 8.99. The van der Waals surface area contributed by atoms with Crippen LogP contribution in [0.25, 0.3) is 11.3 Å². The summed E-state index contributed by atoms with van der Waals surface area (Å²) in [5.74, 6) is 0.0254. The number of benzene rings is 1. The molecule has 0 spiro atoms. The molecule has 3 aromatic rings. The molecule has 0 saturated heterocycles. The van der Waals surface area contributed by atoms with Crippen LogP contribution in [0, 0.1) is 0 Å². The highest BCUT2D eigenvalue weighted by atomic mass is 19.4. The molecule has 150 valence electrons. The summed E-state index contributed by atoms with van der Waals surface area (Å²) in [5.41, 5.74) is 9.83. The van der Waals surface area contributed by atoms with Crippen LogP contribution in [0.5, 0.6) is 5.75 Å². The first-order valence-corrected chi connectivity index (χ1v) is 8.99. The number of fused-ring (bicyclic) bond motifs is 1. The first-order chi connectivity index (χ1) is 13.9. The lowest BCUT2D eigenvalue weighted by atomic mass is 10.1. The zero-order valence-corrected chi connectivity index (χ0v) is 15.4. The highest BCUT2D eigenvalue weighted by molar-refractivity contribution is 5.61. The first kappa shape index (κ1) is 19.1. The number of nitrogen functional groups attached to an aromatic ring is 1. The van der Waals surface area contributed by atoms with Crippen LogP contribution in [-0.2, 0) is 19.5 Å². The van der Waals surface area contributed by atoms with E-state index >= 15 is 0 Å². The van der Waals surface area contributed by atoms with Crippen LogP contribution in [-0.4, -0.2) is 32.8 Å². The van der Waals surface area contributed by atoms with Gasteiger partial charge in [0.2, 0.25) is 5.95 Å². The molecule has 29 heavy (non-hydrogen) atoms. The molecule has 2 N–H and O–H groups in total. The number of aromatic nitrogens is 3. The third kappa shape index (κ3) is 4.80. The van der Waals surface area contributed by atoms with Crippen LogP contribution in [0.15, 0.2) is 48.8 Å². The summed E-state index contributed by atoms with van der Waals surface area (Å²) >= 11 is 0. The quantitative estimate of drug-likeness (QED) is 0.720. The fraction of sp³-hybridized carbons (Fsp3) is 0.250. The Bertz CT molecular complexity index is 1010. The standard InChI is InChI=1S/C20H18F3N5O/c21-20(22,23)29-16-3-1-2-14(8-16)17-5-4-13(9-25-17)11-28-7-6-18-15(12-28)10-26-19(24)27-18/h1-5,8-10H,6-7,11-12H2,(H2,24,26,27). The Morgan fingerprint density at radius 3 is 2.72 bits per heavy atom. The van der Waals surface area contributed by atoms with Gasteiger partial charge in [-0.1, -0.05) is 18.2 Å². The maximum Gasteiger partial charge on any atom is 0.573 e. The zero-order valence-electron chi connectivity index (χ0n) is 15.4. The molecule has 6 nitrogen and oxygen atoms in total. The molecule has 0 bridgehead atoms. The molecule has 0 saturated carbocycles. The molecule has 1 aliphatic heterocycles. The second-order valence-corrected chi connectivity index (χ2v) is 6.79. The van der Waals surface area contributed by atoms with E-state index in [1.165, 1.54) is 18.2 Å². The Balaban J connectivity index is 1.44. The lowest BCUT2D eigenvalue weighted by molar-refractivity contribution is -0.274. The van der Waals surface area contributed by atoms with Gasteiger partial charge >= 0.3 is 6.36 Å². The van der Waals surface area contributed by atoms with Crippen molar-refractivity contribution in [1.29, 1.82) is 0 Å². The predicted molar refractivity (Wildman–Crippen MR) is 101 cm³/mol. The van der Waals surface area contributed by atoms with Crippen LogP contribution in [0.1, 0.15) is 16.8 Å². The van der Waals surface area contributed by atoms with Crippen molar-refractivity contribution in [2.75, 3.05) is 12.3 Å². The van der Waals surface area contributed by atoms with Crippen LogP contribution >= 0.6 is 0 Å². The number of hydrogen-bond donors (Lipinski definition) is 1. The van der Waals surface area contributed by atoms with Crippen LogP contribution in [0.2, 0.25) is 0 Å². The van der Waals surface area contributed by atoms with E-state index in [0.717, 1.165) is 36.3 Å². The largest absolute Gasteiger partial charge is 0.573 e. The number of anilines is 1. The Kier molecular flexibility index (Phi) is 5.06. The van der Waals surface area contributed by atoms with Crippen molar-refractivity contribution >= 4 is 5.95 Å². The summed E-state index contributed by atoms with van der Waals surface area (Å²) in [7, 11) is 0. The number of halogens is 3. The van der Waals surface area contributed by atoms with E-state index in [2.05, 4.69) is 24.6 Å². The van der Waals surface area contributed by atoms with Gasteiger partial charge < -0.3 is 10.5 Å². The maximum atomic E-state index is 12.4. The molecule has 0 atom stereocenters. The number of rotatable bonds is 4. The van der Waals surface area contributed by atoms with Gasteiger partial charge in [0.25, 0.3) is 0 Å². The van der Waals surface area contributed by atoms with E-state index in [1.54, 1.807) is 24.5 Å². The van der Waals surface area contributed by atoms with Gasteiger partial charge in [0.1, 0.15) is 5.75 Å². The van der Waals surface area contributed by atoms with Crippen molar-refractivity contribution < 1.29 is 17.9 Å². The van der Waals surface area contributed by atoms with Crippen LogP contribution in [0.3, 0.4) is 0 Å². The summed E-state index contributed by atoms with van der Waals surface area (Å²) in [6.45, 7) is 2.28. The molecule has 1 aromatic carbocycles. The lowest BCUT2D eigenvalue weighted by Crippen LogP contribution is -2.31. The molecule has 9 heteroatoms. The number of hydrogen-bond acceptors (Lipinski definition) is 6. The average Bonchev–Trinajstić information content (AvgIpc) is 2.68. The summed E-state index contributed by atoms with van der Waals surface area (Å²) in [6, 6.07) is 9.50. The van der Waals surface area contributed by atoms with E-state index in [9.17, 15) is 13.2 Å². The lowest BCUT2D eigenvalue weighted by Gasteiger charge is -2.27. The molecule has 3 heterocycles. The molecule has 2 aromatic heterocycles. The molecular formula is C20H18F3N5O. The van der Waals surface area contributed by atoms with E-state index in [1.807, 2.05) is 6.07 Å². The van der Waals surface area contributed by atoms with Gasteiger partial charge in [-0.05, 0) is 23.8 Å². The van der Waals surface area contributed by atoms with Crippen LogP contribution in [0.4, 0.5) is 19.1 Å². The Morgan fingerprint density at radius 2 is 1.97 bits per heavy atom. The van der Waals surface area contributed by atoms with Gasteiger partial charge in [-0.25, -0.2) is 9.97 Å². The highest BCUT2D eigenvalue weighted by Gasteiger charge is 2.31. The van der Waals surface area contributed by atoms with Crippen molar-refractivity contribution in [1.82, 2.24) is 19.9 Å². The van der Waals surface area contributed by atoms with Crippen molar-refractivity contribution in [3.63, 3.8) is 0 Å². The normalized spacial score (nSPS) is 14.4. The number of nitrogens with two attached hydrogens (primary N) is 1. The highest BCUT2D eigenvalue weighted by Crippen LogP contribution is 2.27. The van der Waals surface area contributed by atoms with Gasteiger partial charge in [0.15, 0.2) is 0 Å². The summed E-state index contributed by atoms with van der Waals surface area (Å²) < 4.78 is 41.2. The minimum atomic E-state index is -4.72. The van der Waals surface area contributed by atoms with Gasteiger partial charge in [-0.2, -0.15) is 0 Å². The van der Waals surface area contributed by atoms with Crippen LogP contribution < -0.4 is 10.5 Å². The van der Waals surface area contributed by atoms with E-state index in [-0.39, 0.29) is 5.75 Å². The van der Waals surface area contributed by atoms with Crippen molar-refractivity contribution in [3.8, 4) is 17.0 Å². The van der Waals surface area contributed by atoms with E-state index < -0.39 is 6.36 Å². The average molecular weight is 401 g/mol. The SMILES string of the molecule is Nc1ncc2c(n1)CCN(Cc1ccc(-c3cccc(OC(F)(F)F)c3)nc1)C2. The molecular weight excluding hydrogens is 383 g/mol. The van der Waals surface area contributed by atoms with Gasteiger partial charge in [0.05, 0.1) is 11.4 Å². The second-order valence-electron chi connectivity index (χ2n) is 6.79. The fourth-order valence-electron chi connectivity index (χ4n) is 3.32. The van der Waals surface area contributed by atoms with E-state index in [4.69, 9.17) is 5.73 Å². The molecule has 0 radical (unpaired) electrons. The minimum absolute atomic E-state index is 0.268. The maximum absolute atomic E-state index is 12.4. The topological polar surface area (TPSA) is 77.2 Å².